The van der Waals surface area contributed by atoms with Crippen molar-refractivity contribution in [2.75, 3.05) is 0 Å². The molecule has 0 unspecified atom stereocenters. The maximum atomic E-state index is 12.6. The number of nitrogens with one attached hydrogen (secondary N) is 1. The highest BCUT2D eigenvalue weighted by Gasteiger charge is 2.20. The van der Waals surface area contributed by atoms with Crippen LogP contribution in [0.4, 0.5) is 0 Å². The van der Waals surface area contributed by atoms with Crippen LogP contribution in [-0.2, 0) is 24.0 Å². The Balaban J connectivity index is 1.68. The van der Waals surface area contributed by atoms with Crippen LogP contribution in [0.1, 0.15) is 69.0 Å². The normalized spacial score (nSPS) is 12.1. The molecular formula is C27H34N2O2. The molecule has 31 heavy (non-hydrogen) atoms. The molecule has 0 spiro atoms. The molecule has 0 aliphatic heterocycles. The van der Waals surface area contributed by atoms with Crippen LogP contribution < -0.4 is 0 Å². The van der Waals surface area contributed by atoms with E-state index in [1.165, 1.54) is 11.3 Å². The van der Waals surface area contributed by atoms with Gasteiger partial charge in [0.05, 0.1) is 5.56 Å². The monoisotopic (exact) mass is 418 g/mol. The van der Waals surface area contributed by atoms with Crippen LogP contribution in [0.25, 0.3) is 11.1 Å². The predicted octanol–water partition coefficient (Wildman–Crippen LogP) is 6.41. The fourth-order valence-electron chi connectivity index (χ4n) is 3.55. The molecule has 3 rings (SSSR count). The van der Waals surface area contributed by atoms with E-state index in [-0.39, 0.29) is 11.4 Å². The summed E-state index contributed by atoms with van der Waals surface area (Å²) in [5, 5.41) is 0. The molecule has 0 amide bonds. The molecular weight excluding hydrogens is 384 g/mol. The Bertz CT molecular complexity index is 1020. The summed E-state index contributed by atoms with van der Waals surface area (Å²) in [5.41, 5.74) is 4.65. The number of rotatable bonds is 6. The Kier molecular flexibility index (Phi) is 6.68. The second-order valence-corrected chi connectivity index (χ2v) is 10.3. The van der Waals surface area contributed by atoms with E-state index < -0.39 is 5.60 Å². The number of ether oxygens (including phenoxy) is 1. The van der Waals surface area contributed by atoms with Crippen molar-refractivity contribution in [3.8, 4) is 11.1 Å². The summed E-state index contributed by atoms with van der Waals surface area (Å²) in [6.07, 6.45) is 4.73. The first-order chi connectivity index (χ1) is 14.5. The first-order valence-electron chi connectivity index (χ1n) is 10.9. The smallest absolute Gasteiger partial charge is 0.339 e. The third-order valence-corrected chi connectivity index (χ3v) is 4.86. The lowest BCUT2D eigenvalue weighted by Crippen LogP contribution is -2.24. The number of carbonyl (C=O) groups is 1. The van der Waals surface area contributed by atoms with Gasteiger partial charge in [-0.3, -0.25) is 0 Å². The average molecular weight is 419 g/mol. The van der Waals surface area contributed by atoms with Gasteiger partial charge in [0, 0.05) is 18.3 Å². The second-order valence-electron chi connectivity index (χ2n) is 10.3. The van der Waals surface area contributed by atoms with E-state index in [1.54, 1.807) is 0 Å². The van der Waals surface area contributed by atoms with E-state index in [0.717, 1.165) is 36.2 Å². The SMILES string of the molecule is CC(C)(C)Cc1cnc(CCc2ccc(-c3ccccc3C(=O)OC(C)(C)C)cc2)[nH]1. The molecule has 2 aromatic carbocycles. The zero-order chi connectivity index (χ0) is 22.6. The van der Waals surface area contributed by atoms with Crippen molar-refractivity contribution < 1.29 is 9.53 Å². The number of aromatic nitrogens is 2. The summed E-state index contributed by atoms with van der Waals surface area (Å²) in [6.45, 7) is 12.3. The Morgan fingerprint density at radius 1 is 0.935 bits per heavy atom. The number of esters is 1. The Labute approximate surface area is 186 Å². The summed E-state index contributed by atoms with van der Waals surface area (Å²) >= 11 is 0. The lowest BCUT2D eigenvalue weighted by atomic mass is 9.91. The van der Waals surface area contributed by atoms with Gasteiger partial charge in [-0.05, 0) is 61.8 Å². The van der Waals surface area contributed by atoms with Crippen molar-refractivity contribution in [3.63, 3.8) is 0 Å². The van der Waals surface area contributed by atoms with Crippen molar-refractivity contribution >= 4 is 5.97 Å². The van der Waals surface area contributed by atoms with Crippen molar-refractivity contribution in [1.29, 1.82) is 0 Å². The van der Waals surface area contributed by atoms with E-state index in [1.807, 2.05) is 51.2 Å². The van der Waals surface area contributed by atoms with E-state index in [0.29, 0.717) is 5.56 Å². The van der Waals surface area contributed by atoms with E-state index in [2.05, 4.69) is 55.0 Å². The van der Waals surface area contributed by atoms with Gasteiger partial charge in [0.2, 0.25) is 0 Å². The molecule has 0 aliphatic carbocycles. The van der Waals surface area contributed by atoms with Gasteiger partial charge in [-0.2, -0.15) is 0 Å². The minimum atomic E-state index is -0.521. The van der Waals surface area contributed by atoms with Crippen molar-refractivity contribution in [3.05, 3.63) is 77.4 Å². The van der Waals surface area contributed by atoms with Crippen LogP contribution in [0.2, 0.25) is 0 Å². The highest BCUT2D eigenvalue weighted by Crippen LogP contribution is 2.26. The number of aryl methyl sites for hydroxylation is 2. The molecule has 0 saturated heterocycles. The molecule has 3 aromatic rings. The predicted molar refractivity (Wildman–Crippen MR) is 126 cm³/mol. The molecule has 0 atom stereocenters. The van der Waals surface area contributed by atoms with Crippen LogP contribution in [0.3, 0.4) is 0 Å². The number of benzene rings is 2. The minimum Gasteiger partial charge on any atom is -0.456 e. The van der Waals surface area contributed by atoms with Crippen molar-refractivity contribution in [1.82, 2.24) is 9.97 Å². The van der Waals surface area contributed by atoms with Gasteiger partial charge in [0.15, 0.2) is 0 Å². The molecule has 1 heterocycles. The largest absolute Gasteiger partial charge is 0.456 e. The first-order valence-corrected chi connectivity index (χ1v) is 10.9. The fourth-order valence-corrected chi connectivity index (χ4v) is 3.55. The highest BCUT2D eigenvalue weighted by molar-refractivity contribution is 5.97. The number of H-pyrrole nitrogens is 1. The molecule has 0 saturated carbocycles. The van der Waals surface area contributed by atoms with Crippen molar-refractivity contribution in [2.45, 2.75) is 66.4 Å². The van der Waals surface area contributed by atoms with Gasteiger partial charge in [0.1, 0.15) is 11.4 Å². The van der Waals surface area contributed by atoms with Gasteiger partial charge >= 0.3 is 5.97 Å². The number of imidazole rings is 1. The quantitative estimate of drug-likeness (QED) is 0.471. The van der Waals surface area contributed by atoms with Crippen LogP contribution in [-0.4, -0.2) is 21.5 Å². The third kappa shape index (κ3) is 6.81. The van der Waals surface area contributed by atoms with Gasteiger partial charge in [0.25, 0.3) is 0 Å². The van der Waals surface area contributed by atoms with Gasteiger partial charge < -0.3 is 9.72 Å². The van der Waals surface area contributed by atoms with Crippen LogP contribution in [0, 0.1) is 5.41 Å². The number of aromatic amines is 1. The Morgan fingerprint density at radius 3 is 2.26 bits per heavy atom. The molecule has 0 bridgehead atoms. The lowest BCUT2D eigenvalue weighted by Gasteiger charge is -2.20. The topological polar surface area (TPSA) is 55.0 Å². The zero-order valence-electron chi connectivity index (χ0n) is 19.6. The van der Waals surface area contributed by atoms with Crippen LogP contribution in [0.5, 0.6) is 0 Å². The number of carbonyl (C=O) groups excluding carboxylic acids is 1. The Morgan fingerprint density at radius 2 is 1.61 bits per heavy atom. The van der Waals surface area contributed by atoms with E-state index >= 15 is 0 Å². The maximum absolute atomic E-state index is 12.6. The molecule has 0 fully saturated rings. The van der Waals surface area contributed by atoms with Gasteiger partial charge in [-0.1, -0.05) is 63.2 Å². The molecule has 0 radical (unpaired) electrons. The molecule has 4 nitrogen and oxygen atoms in total. The summed E-state index contributed by atoms with van der Waals surface area (Å²) < 4.78 is 5.58. The number of hydrogen-bond donors (Lipinski definition) is 1. The van der Waals surface area contributed by atoms with Crippen LogP contribution in [0.15, 0.2) is 54.7 Å². The molecule has 164 valence electrons. The Hall–Kier alpha value is -2.88. The third-order valence-electron chi connectivity index (χ3n) is 4.86. The zero-order valence-corrected chi connectivity index (χ0v) is 19.6. The van der Waals surface area contributed by atoms with Crippen molar-refractivity contribution in [2.24, 2.45) is 5.41 Å². The minimum absolute atomic E-state index is 0.245. The van der Waals surface area contributed by atoms with Crippen LogP contribution >= 0.6 is 0 Å². The second kappa shape index (κ2) is 9.09. The molecule has 0 aliphatic rings. The maximum Gasteiger partial charge on any atom is 0.339 e. The number of hydrogen-bond acceptors (Lipinski definition) is 3. The van der Waals surface area contributed by atoms with E-state index in [9.17, 15) is 4.79 Å². The lowest BCUT2D eigenvalue weighted by molar-refractivity contribution is 0.00704. The summed E-state index contributed by atoms with van der Waals surface area (Å²) in [5.74, 6) is 0.731. The van der Waals surface area contributed by atoms with Gasteiger partial charge in [-0.15, -0.1) is 0 Å². The summed E-state index contributed by atoms with van der Waals surface area (Å²) in [7, 11) is 0. The standard InChI is InChI=1S/C27H34N2O2/c1-26(2,3)17-21-18-28-24(29-21)16-13-19-11-14-20(15-12-19)22-9-7-8-10-23(22)25(30)31-27(4,5)6/h7-12,14-15,18H,13,16-17H2,1-6H3,(H,28,29). The molecule has 4 heteroatoms. The molecule has 1 N–H and O–H groups in total. The molecule has 1 aromatic heterocycles. The average Bonchev–Trinajstić information content (AvgIpc) is 3.11. The first kappa shape index (κ1) is 22.8. The summed E-state index contributed by atoms with van der Waals surface area (Å²) in [4.78, 5) is 20.6. The number of nitrogens with zero attached hydrogens (tertiary/aromatic N) is 1. The fraction of sp³-hybridized carbons (Fsp3) is 0.407. The van der Waals surface area contributed by atoms with E-state index in [4.69, 9.17) is 4.74 Å². The highest BCUT2D eigenvalue weighted by atomic mass is 16.6. The van der Waals surface area contributed by atoms with Gasteiger partial charge in [-0.25, -0.2) is 9.78 Å². The summed E-state index contributed by atoms with van der Waals surface area (Å²) in [6, 6.07) is 16.0.